The molecule has 0 bridgehead atoms. The van der Waals surface area contributed by atoms with E-state index in [1.54, 1.807) is 13.8 Å². The molecule has 110 valence electrons. The molecule has 2 N–H and O–H groups in total. The van der Waals surface area contributed by atoms with Gasteiger partial charge in [-0.2, -0.15) is 0 Å². The van der Waals surface area contributed by atoms with E-state index in [0.717, 1.165) is 12.8 Å². The van der Waals surface area contributed by atoms with Gasteiger partial charge >= 0.3 is 0 Å². The van der Waals surface area contributed by atoms with E-state index in [1.165, 1.54) is 57.8 Å². The smallest absolute Gasteiger partial charge is 0.0849 e. The quantitative estimate of drug-likeness (QED) is 0.508. The van der Waals surface area contributed by atoms with E-state index >= 15 is 0 Å². The van der Waals surface area contributed by atoms with Crippen molar-refractivity contribution in [3.8, 4) is 0 Å². The second-order valence-electron chi connectivity index (χ2n) is 6.14. The summed E-state index contributed by atoms with van der Waals surface area (Å²) >= 11 is 0. The van der Waals surface area contributed by atoms with Gasteiger partial charge in [-0.15, -0.1) is 0 Å². The third kappa shape index (κ3) is 11.0. The van der Waals surface area contributed by atoms with Crippen LogP contribution in [0.15, 0.2) is 0 Å². The maximum atomic E-state index is 9.66. The van der Waals surface area contributed by atoms with Crippen molar-refractivity contribution in [1.82, 2.24) is 0 Å². The van der Waals surface area contributed by atoms with Crippen molar-refractivity contribution in [3.05, 3.63) is 0 Å². The lowest BCUT2D eigenvalue weighted by Crippen LogP contribution is -2.35. The minimum atomic E-state index is -0.945. The summed E-state index contributed by atoms with van der Waals surface area (Å²) in [6, 6.07) is 0. The molecule has 0 spiro atoms. The normalized spacial score (nSPS) is 13.8. The lowest BCUT2D eigenvalue weighted by atomic mass is 9.96. The van der Waals surface area contributed by atoms with Crippen molar-refractivity contribution in [2.24, 2.45) is 0 Å². The van der Waals surface area contributed by atoms with Crippen LogP contribution in [0.5, 0.6) is 0 Å². The molecule has 0 aliphatic heterocycles. The fourth-order valence-corrected chi connectivity index (χ4v) is 2.18. The van der Waals surface area contributed by atoms with Crippen LogP contribution in [0.3, 0.4) is 0 Å². The standard InChI is InChI=1S/C16H34O2/c1-4-5-6-7-8-9-10-11-12-13-14-15(17)16(2,3)18/h15,17-18H,4-14H2,1-3H3. The summed E-state index contributed by atoms with van der Waals surface area (Å²) in [7, 11) is 0. The van der Waals surface area contributed by atoms with Crippen molar-refractivity contribution in [2.45, 2.75) is 103 Å². The van der Waals surface area contributed by atoms with Gasteiger partial charge in [-0.3, -0.25) is 0 Å². The summed E-state index contributed by atoms with van der Waals surface area (Å²) in [4.78, 5) is 0. The monoisotopic (exact) mass is 258 g/mol. The highest BCUT2D eigenvalue weighted by Gasteiger charge is 2.23. The van der Waals surface area contributed by atoms with Gasteiger partial charge in [-0.1, -0.05) is 71.1 Å². The first-order chi connectivity index (χ1) is 8.48. The zero-order valence-electron chi connectivity index (χ0n) is 12.7. The van der Waals surface area contributed by atoms with E-state index in [9.17, 15) is 10.2 Å². The molecule has 0 saturated carbocycles. The third-order valence-corrected chi connectivity index (χ3v) is 3.65. The van der Waals surface area contributed by atoms with Gasteiger partial charge in [0.15, 0.2) is 0 Å². The van der Waals surface area contributed by atoms with Gasteiger partial charge in [0.05, 0.1) is 11.7 Å². The molecule has 0 rings (SSSR count). The fourth-order valence-electron chi connectivity index (χ4n) is 2.18. The molecule has 1 unspecified atom stereocenters. The van der Waals surface area contributed by atoms with E-state index in [4.69, 9.17) is 0 Å². The Bertz CT molecular complexity index is 172. The molecule has 0 fully saturated rings. The molecule has 2 heteroatoms. The first-order valence-electron chi connectivity index (χ1n) is 7.89. The Morgan fingerprint density at radius 3 is 1.56 bits per heavy atom. The zero-order valence-corrected chi connectivity index (χ0v) is 12.7. The predicted octanol–water partition coefficient (Wildman–Crippen LogP) is 4.43. The number of unbranched alkanes of at least 4 members (excludes halogenated alkanes) is 9. The Morgan fingerprint density at radius 1 is 0.778 bits per heavy atom. The Hall–Kier alpha value is -0.0800. The van der Waals surface area contributed by atoms with Crippen LogP contribution < -0.4 is 0 Å². The number of aliphatic hydroxyl groups is 2. The molecular weight excluding hydrogens is 224 g/mol. The van der Waals surface area contributed by atoms with Crippen molar-refractivity contribution in [2.75, 3.05) is 0 Å². The number of rotatable bonds is 12. The second kappa shape index (κ2) is 10.8. The van der Waals surface area contributed by atoms with E-state index in [2.05, 4.69) is 6.92 Å². The molecule has 0 aliphatic rings. The highest BCUT2D eigenvalue weighted by molar-refractivity contribution is 4.75. The van der Waals surface area contributed by atoms with Gasteiger partial charge in [0.2, 0.25) is 0 Å². The molecule has 1 atom stereocenters. The molecular formula is C16H34O2. The van der Waals surface area contributed by atoms with Crippen LogP contribution >= 0.6 is 0 Å². The molecule has 0 aromatic rings. The summed E-state index contributed by atoms with van der Waals surface area (Å²) in [5.74, 6) is 0. The van der Waals surface area contributed by atoms with E-state index in [1.807, 2.05) is 0 Å². The van der Waals surface area contributed by atoms with E-state index < -0.39 is 11.7 Å². The number of hydrogen-bond donors (Lipinski definition) is 2. The van der Waals surface area contributed by atoms with Crippen molar-refractivity contribution >= 4 is 0 Å². The van der Waals surface area contributed by atoms with Crippen LogP contribution in [0.4, 0.5) is 0 Å². The minimum Gasteiger partial charge on any atom is -0.390 e. The average molecular weight is 258 g/mol. The van der Waals surface area contributed by atoms with Crippen molar-refractivity contribution in [3.63, 3.8) is 0 Å². The average Bonchev–Trinajstić information content (AvgIpc) is 2.30. The van der Waals surface area contributed by atoms with E-state index in [-0.39, 0.29) is 0 Å². The summed E-state index contributed by atoms with van der Waals surface area (Å²) in [5, 5.41) is 19.2. The Kier molecular flexibility index (Phi) is 10.8. The molecule has 0 aromatic heterocycles. The summed E-state index contributed by atoms with van der Waals surface area (Å²) in [5.41, 5.74) is -0.945. The van der Waals surface area contributed by atoms with Crippen LogP contribution in [0.1, 0.15) is 91.4 Å². The molecule has 2 nitrogen and oxygen atoms in total. The van der Waals surface area contributed by atoms with Gasteiger partial charge in [-0.05, 0) is 20.3 Å². The fraction of sp³-hybridized carbons (Fsp3) is 1.00. The van der Waals surface area contributed by atoms with E-state index in [0.29, 0.717) is 0 Å². The van der Waals surface area contributed by atoms with Crippen molar-refractivity contribution in [1.29, 1.82) is 0 Å². The van der Waals surface area contributed by atoms with Gasteiger partial charge in [0, 0.05) is 0 Å². The molecule has 0 aliphatic carbocycles. The van der Waals surface area contributed by atoms with Crippen LogP contribution in [-0.2, 0) is 0 Å². The predicted molar refractivity (Wildman–Crippen MR) is 78.8 cm³/mol. The maximum Gasteiger partial charge on any atom is 0.0849 e. The Morgan fingerprint density at radius 2 is 1.17 bits per heavy atom. The number of aliphatic hydroxyl groups excluding tert-OH is 1. The largest absolute Gasteiger partial charge is 0.390 e. The Balaban J connectivity index is 3.17. The highest BCUT2D eigenvalue weighted by atomic mass is 16.3. The van der Waals surface area contributed by atoms with Gasteiger partial charge in [0.25, 0.3) is 0 Å². The summed E-state index contributed by atoms with van der Waals surface area (Å²) in [6.07, 6.45) is 13.2. The highest BCUT2D eigenvalue weighted by Crippen LogP contribution is 2.16. The van der Waals surface area contributed by atoms with Crippen LogP contribution in [0.25, 0.3) is 0 Å². The molecule has 0 heterocycles. The van der Waals surface area contributed by atoms with Crippen molar-refractivity contribution < 1.29 is 10.2 Å². The molecule has 0 aromatic carbocycles. The van der Waals surface area contributed by atoms with Crippen LogP contribution in [0, 0.1) is 0 Å². The summed E-state index contributed by atoms with van der Waals surface area (Å²) < 4.78 is 0. The van der Waals surface area contributed by atoms with Gasteiger partial charge < -0.3 is 10.2 Å². The molecule has 0 radical (unpaired) electrons. The van der Waals surface area contributed by atoms with Gasteiger partial charge in [-0.25, -0.2) is 0 Å². The maximum absolute atomic E-state index is 9.66. The molecule has 0 saturated heterocycles. The summed E-state index contributed by atoms with van der Waals surface area (Å²) in [6.45, 7) is 5.60. The van der Waals surface area contributed by atoms with Gasteiger partial charge in [0.1, 0.15) is 0 Å². The lowest BCUT2D eigenvalue weighted by Gasteiger charge is -2.24. The molecule has 18 heavy (non-hydrogen) atoms. The number of hydrogen-bond acceptors (Lipinski definition) is 2. The molecule has 0 amide bonds. The SMILES string of the molecule is CCCCCCCCCCCCC(O)C(C)(C)O. The minimum absolute atomic E-state index is 0.577. The third-order valence-electron chi connectivity index (χ3n) is 3.65. The van der Waals surface area contributed by atoms with Crippen LogP contribution in [-0.4, -0.2) is 21.9 Å². The Labute approximate surface area is 114 Å². The topological polar surface area (TPSA) is 40.5 Å². The van der Waals surface area contributed by atoms with Crippen LogP contribution in [0.2, 0.25) is 0 Å². The first-order valence-corrected chi connectivity index (χ1v) is 7.89. The zero-order chi connectivity index (χ0) is 13.9. The first kappa shape index (κ1) is 17.9. The lowest BCUT2D eigenvalue weighted by molar-refractivity contribution is -0.0522. The second-order valence-corrected chi connectivity index (χ2v) is 6.14.